The van der Waals surface area contributed by atoms with Crippen LogP contribution in [0.2, 0.25) is 0 Å². The van der Waals surface area contributed by atoms with Gasteiger partial charge in [-0.15, -0.1) is 11.6 Å². The summed E-state index contributed by atoms with van der Waals surface area (Å²) in [5.41, 5.74) is 5.72. The largest absolute Gasteiger partial charge is 0.462 e. The van der Waals surface area contributed by atoms with Crippen LogP contribution in [0.5, 0.6) is 0 Å². The lowest BCUT2D eigenvalue weighted by molar-refractivity contribution is -0.137. The molecule has 0 atom stereocenters. The Labute approximate surface area is 77.5 Å². The van der Waals surface area contributed by atoms with E-state index in [2.05, 4.69) is 0 Å². The van der Waals surface area contributed by atoms with E-state index in [9.17, 15) is 4.79 Å². The summed E-state index contributed by atoms with van der Waals surface area (Å²) in [4.78, 5) is 10.8. The Morgan fingerprint density at radius 3 is 2.75 bits per heavy atom. The van der Waals surface area contributed by atoms with E-state index in [0.717, 1.165) is 12.8 Å². The number of carbonyl (C=O) groups excluding carboxylic acids is 1. The maximum atomic E-state index is 10.8. The molecule has 0 radical (unpaired) electrons. The maximum absolute atomic E-state index is 10.8. The first kappa shape index (κ1) is 11.3. The molecule has 0 aromatic heterocycles. The summed E-state index contributed by atoms with van der Waals surface area (Å²) in [5.74, 6) is 0.216. The summed E-state index contributed by atoms with van der Waals surface area (Å²) in [6.45, 7) is 2.05. The first-order valence-corrected chi connectivity index (χ1v) is 4.36. The predicted molar refractivity (Wildman–Crippen MR) is 48.9 cm³/mol. The maximum Gasteiger partial charge on any atom is 0.332 e. The smallest absolute Gasteiger partial charge is 0.332 e. The van der Waals surface area contributed by atoms with Gasteiger partial charge in [-0.2, -0.15) is 0 Å². The number of nitrogens with two attached hydrogens (primary N) is 1. The highest BCUT2D eigenvalue weighted by molar-refractivity contribution is 6.17. The van der Waals surface area contributed by atoms with Gasteiger partial charge in [0.05, 0.1) is 6.61 Å². The second kappa shape index (κ2) is 6.98. The SMILES string of the molecule is C/C(N)=C/C(=O)OCCCCCl. The number of carbonyl (C=O) groups is 1. The van der Waals surface area contributed by atoms with Gasteiger partial charge in [-0.1, -0.05) is 0 Å². The van der Waals surface area contributed by atoms with Gasteiger partial charge in [-0.25, -0.2) is 4.79 Å². The second-order valence-corrected chi connectivity index (χ2v) is 2.83. The van der Waals surface area contributed by atoms with Crippen LogP contribution in [0.4, 0.5) is 0 Å². The van der Waals surface area contributed by atoms with Gasteiger partial charge in [0, 0.05) is 17.7 Å². The Balaban J connectivity index is 3.39. The molecular weight excluding hydrogens is 178 g/mol. The van der Waals surface area contributed by atoms with Crippen LogP contribution in [0.25, 0.3) is 0 Å². The molecule has 0 aliphatic carbocycles. The molecule has 0 rings (SSSR count). The van der Waals surface area contributed by atoms with Crippen LogP contribution in [0, 0.1) is 0 Å². The number of hydrogen-bond donors (Lipinski definition) is 1. The fourth-order valence-electron chi connectivity index (χ4n) is 0.597. The van der Waals surface area contributed by atoms with E-state index in [-0.39, 0.29) is 5.97 Å². The lowest BCUT2D eigenvalue weighted by atomic mass is 10.3. The van der Waals surface area contributed by atoms with Crippen molar-refractivity contribution in [3.05, 3.63) is 11.8 Å². The van der Waals surface area contributed by atoms with Crippen molar-refractivity contribution in [2.45, 2.75) is 19.8 Å². The molecule has 0 aromatic rings. The first-order valence-electron chi connectivity index (χ1n) is 3.83. The van der Waals surface area contributed by atoms with Crippen LogP contribution >= 0.6 is 11.6 Å². The standard InChI is InChI=1S/C8H14ClNO2/c1-7(10)6-8(11)12-5-3-2-4-9/h6H,2-5,10H2,1H3/b7-6-. The molecule has 0 unspecified atom stereocenters. The number of esters is 1. The van der Waals surface area contributed by atoms with Crippen molar-refractivity contribution in [1.29, 1.82) is 0 Å². The van der Waals surface area contributed by atoms with Crippen LogP contribution < -0.4 is 5.73 Å². The zero-order valence-corrected chi connectivity index (χ0v) is 7.93. The number of allylic oxidation sites excluding steroid dienone is 1. The normalized spacial score (nSPS) is 11.3. The number of rotatable bonds is 5. The second-order valence-electron chi connectivity index (χ2n) is 2.45. The third-order valence-corrected chi connectivity index (χ3v) is 1.39. The fraction of sp³-hybridized carbons (Fsp3) is 0.625. The number of alkyl halides is 1. The van der Waals surface area contributed by atoms with E-state index in [1.165, 1.54) is 6.08 Å². The van der Waals surface area contributed by atoms with Gasteiger partial charge in [-0.05, 0) is 19.8 Å². The van der Waals surface area contributed by atoms with E-state index in [1.54, 1.807) is 6.92 Å². The molecule has 2 N–H and O–H groups in total. The number of halogens is 1. The molecule has 3 nitrogen and oxygen atoms in total. The van der Waals surface area contributed by atoms with Crippen molar-refractivity contribution < 1.29 is 9.53 Å². The summed E-state index contributed by atoms with van der Waals surface area (Å²) >= 11 is 5.43. The summed E-state index contributed by atoms with van der Waals surface area (Å²) < 4.78 is 4.80. The highest BCUT2D eigenvalue weighted by atomic mass is 35.5. The molecule has 0 aromatic carbocycles. The van der Waals surface area contributed by atoms with Crippen LogP contribution in [0.1, 0.15) is 19.8 Å². The van der Waals surface area contributed by atoms with Gasteiger partial charge in [0.1, 0.15) is 0 Å². The highest BCUT2D eigenvalue weighted by Crippen LogP contribution is 1.93. The average molecular weight is 192 g/mol. The minimum absolute atomic E-state index is 0.385. The third kappa shape index (κ3) is 7.41. The molecule has 0 fully saturated rings. The molecule has 0 amide bonds. The average Bonchev–Trinajstić information content (AvgIpc) is 1.97. The van der Waals surface area contributed by atoms with Gasteiger partial charge in [0.25, 0.3) is 0 Å². The molecule has 12 heavy (non-hydrogen) atoms. The van der Waals surface area contributed by atoms with Crippen molar-refractivity contribution >= 4 is 17.6 Å². The Kier molecular flexibility index (Phi) is 6.57. The molecule has 0 aliphatic heterocycles. The summed E-state index contributed by atoms with van der Waals surface area (Å²) in [5, 5.41) is 0. The van der Waals surface area contributed by atoms with Gasteiger partial charge in [0.15, 0.2) is 0 Å². The van der Waals surface area contributed by atoms with Crippen molar-refractivity contribution in [1.82, 2.24) is 0 Å². The lowest BCUT2D eigenvalue weighted by Crippen LogP contribution is -2.05. The molecule has 0 saturated carbocycles. The molecule has 0 spiro atoms. The Hall–Kier alpha value is -0.700. The minimum Gasteiger partial charge on any atom is -0.462 e. The number of ether oxygens (including phenoxy) is 1. The van der Waals surface area contributed by atoms with E-state index in [0.29, 0.717) is 18.2 Å². The van der Waals surface area contributed by atoms with Crippen LogP contribution in [0.3, 0.4) is 0 Å². The molecule has 0 heterocycles. The van der Waals surface area contributed by atoms with Gasteiger partial charge >= 0.3 is 5.97 Å². The molecule has 4 heteroatoms. The zero-order chi connectivity index (χ0) is 9.40. The first-order chi connectivity index (χ1) is 5.66. The molecule has 70 valence electrons. The zero-order valence-electron chi connectivity index (χ0n) is 7.18. The number of hydrogen-bond acceptors (Lipinski definition) is 3. The fourth-order valence-corrected chi connectivity index (χ4v) is 0.786. The van der Waals surface area contributed by atoms with Crippen molar-refractivity contribution in [2.75, 3.05) is 12.5 Å². The minimum atomic E-state index is -0.385. The summed E-state index contributed by atoms with van der Waals surface area (Å²) in [6, 6.07) is 0. The summed E-state index contributed by atoms with van der Waals surface area (Å²) in [6.07, 6.45) is 2.92. The Morgan fingerprint density at radius 1 is 1.58 bits per heavy atom. The van der Waals surface area contributed by atoms with Gasteiger partial charge in [-0.3, -0.25) is 0 Å². The quantitative estimate of drug-likeness (QED) is 0.310. The predicted octanol–water partition coefficient (Wildman–Crippen LogP) is 1.41. The van der Waals surface area contributed by atoms with Gasteiger partial charge in [0.2, 0.25) is 0 Å². The summed E-state index contributed by atoms with van der Waals surface area (Å²) in [7, 11) is 0. The van der Waals surface area contributed by atoms with E-state index >= 15 is 0 Å². The van der Waals surface area contributed by atoms with E-state index in [1.807, 2.05) is 0 Å². The molecular formula is C8H14ClNO2. The molecule has 0 saturated heterocycles. The topological polar surface area (TPSA) is 52.3 Å². The Bertz CT molecular complexity index is 164. The van der Waals surface area contributed by atoms with Crippen molar-refractivity contribution in [3.8, 4) is 0 Å². The van der Waals surface area contributed by atoms with E-state index < -0.39 is 0 Å². The van der Waals surface area contributed by atoms with Crippen molar-refractivity contribution in [2.24, 2.45) is 5.73 Å². The third-order valence-electron chi connectivity index (χ3n) is 1.12. The van der Waals surface area contributed by atoms with Crippen LogP contribution in [-0.4, -0.2) is 18.5 Å². The highest BCUT2D eigenvalue weighted by Gasteiger charge is 1.96. The van der Waals surface area contributed by atoms with Crippen LogP contribution in [0.15, 0.2) is 11.8 Å². The van der Waals surface area contributed by atoms with Crippen molar-refractivity contribution in [3.63, 3.8) is 0 Å². The van der Waals surface area contributed by atoms with E-state index in [4.69, 9.17) is 22.1 Å². The van der Waals surface area contributed by atoms with Crippen LogP contribution in [-0.2, 0) is 9.53 Å². The Morgan fingerprint density at radius 2 is 2.25 bits per heavy atom. The molecule has 0 aliphatic rings. The lowest BCUT2D eigenvalue weighted by Gasteiger charge is -1.99. The monoisotopic (exact) mass is 191 g/mol. The molecule has 0 bridgehead atoms. The van der Waals surface area contributed by atoms with Gasteiger partial charge < -0.3 is 10.5 Å². The number of unbranched alkanes of at least 4 members (excludes halogenated alkanes) is 1.